The van der Waals surface area contributed by atoms with E-state index in [0.29, 0.717) is 36.4 Å². The molecule has 0 spiro atoms. The molecule has 2 N–H and O–H groups in total. The Kier molecular flexibility index (Phi) is 7.13. The maximum Gasteiger partial charge on any atom is 0.266 e. The third-order valence-corrected chi connectivity index (χ3v) is 7.88. The van der Waals surface area contributed by atoms with Gasteiger partial charge in [-0.1, -0.05) is 23.7 Å². The first kappa shape index (κ1) is 23.8. The van der Waals surface area contributed by atoms with Gasteiger partial charge in [0, 0.05) is 34.6 Å². The average molecular weight is 516 g/mol. The second-order valence-corrected chi connectivity index (χ2v) is 10.6. The lowest BCUT2D eigenvalue weighted by molar-refractivity contribution is 0.0670. The van der Waals surface area contributed by atoms with E-state index < -0.39 is 38.4 Å². The normalized spacial score (nSPS) is 21.0. The molecule has 1 aromatic heterocycles. The van der Waals surface area contributed by atoms with E-state index in [1.165, 1.54) is 0 Å². The highest BCUT2D eigenvalue weighted by atomic mass is 35.5. The SMILES string of the molecule is O=S(=O)(Nc1ncns1)c1cc(F)c(OC[C@@H]2C[C@@H](O)CC[C@H]2c2ccc(Cl)cc2)cc1F. The second kappa shape index (κ2) is 9.88. The standard InChI is InChI=1S/C21H20ClF2N3O4S2/c22-14-3-1-12(2-4-14)16-6-5-15(28)7-13(16)10-31-19-8-18(24)20(9-17(19)23)33(29,30)27-21-25-11-26-32-21/h1-4,8-9,11,13,15-16,28H,5-7,10H2,(H,25,26,27)/t13-,15-,16-/m0/s1. The quantitative estimate of drug-likeness (QED) is 0.477. The van der Waals surface area contributed by atoms with E-state index in [1.54, 1.807) is 12.1 Å². The Morgan fingerprint density at radius 1 is 1.18 bits per heavy atom. The van der Waals surface area contributed by atoms with Gasteiger partial charge in [-0.15, -0.1) is 0 Å². The highest BCUT2D eigenvalue weighted by molar-refractivity contribution is 7.93. The number of ether oxygens (including phenoxy) is 1. The van der Waals surface area contributed by atoms with E-state index >= 15 is 0 Å². The van der Waals surface area contributed by atoms with Gasteiger partial charge in [0.1, 0.15) is 17.0 Å². The molecule has 0 aliphatic heterocycles. The molecule has 0 radical (unpaired) electrons. The molecular formula is C21H20ClF2N3O4S2. The molecule has 1 saturated carbocycles. The number of nitrogens with one attached hydrogen (secondary N) is 1. The first-order chi connectivity index (χ1) is 15.7. The number of halogens is 3. The van der Waals surface area contributed by atoms with Crippen LogP contribution in [0.2, 0.25) is 5.02 Å². The minimum atomic E-state index is -4.40. The van der Waals surface area contributed by atoms with Gasteiger partial charge in [0.25, 0.3) is 10.0 Å². The molecule has 12 heteroatoms. The number of aliphatic hydroxyl groups excluding tert-OH is 1. The Morgan fingerprint density at radius 3 is 2.64 bits per heavy atom. The van der Waals surface area contributed by atoms with Crippen LogP contribution >= 0.6 is 23.1 Å². The summed E-state index contributed by atoms with van der Waals surface area (Å²) < 4.78 is 65.3. The lowest BCUT2D eigenvalue weighted by Crippen LogP contribution is -2.30. The van der Waals surface area contributed by atoms with Gasteiger partial charge in [-0.05, 0) is 42.9 Å². The van der Waals surface area contributed by atoms with Crippen LogP contribution in [-0.2, 0) is 10.0 Å². The minimum Gasteiger partial charge on any atom is -0.490 e. The average Bonchev–Trinajstić information content (AvgIpc) is 3.27. The monoisotopic (exact) mass is 515 g/mol. The molecule has 176 valence electrons. The summed E-state index contributed by atoms with van der Waals surface area (Å²) in [5.74, 6) is -2.69. The fourth-order valence-corrected chi connectivity index (χ4v) is 5.84. The van der Waals surface area contributed by atoms with Crippen molar-refractivity contribution in [2.45, 2.75) is 36.2 Å². The van der Waals surface area contributed by atoms with Gasteiger partial charge < -0.3 is 9.84 Å². The molecule has 7 nitrogen and oxygen atoms in total. The molecule has 0 bridgehead atoms. The topological polar surface area (TPSA) is 101 Å². The molecule has 1 aliphatic carbocycles. The third kappa shape index (κ3) is 5.60. The van der Waals surface area contributed by atoms with Crippen LogP contribution in [0.4, 0.5) is 13.9 Å². The second-order valence-electron chi connectivity index (χ2n) is 7.76. The molecule has 1 fully saturated rings. The number of aliphatic hydroxyl groups is 1. The number of rotatable bonds is 7. The van der Waals surface area contributed by atoms with E-state index in [9.17, 15) is 22.3 Å². The van der Waals surface area contributed by atoms with Crippen molar-refractivity contribution in [3.05, 3.63) is 64.9 Å². The van der Waals surface area contributed by atoms with Crippen LogP contribution in [0, 0.1) is 17.6 Å². The van der Waals surface area contributed by atoms with Crippen LogP contribution in [0.1, 0.15) is 30.7 Å². The zero-order valence-corrected chi connectivity index (χ0v) is 19.5. The van der Waals surface area contributed by atoms with E-state index in [2.05, 4.69) is 14.1 Å². The maximum atomic E-state index is 14.7. The molecule has 3 aromatic rings. The molecular weight excluding hydrogens is 496 g/mol. The minimum absolute atomic E-state index is 0.0237. The number of aromatic nitrogens is 2. The van der Waals surface area contributed by atoms with Crippen molar-refractivity contribution >= 4 is 38.3 Å². The van der Waals surface area contributed by atoms with Gasteiger partial charge in [0.2, 0.25) is 5.13 Å². The van der Waals surface area contributed by atoms with Crippen molar-refractivity contribution in [3.8, 4) is 5.75 Å². The van der Waals surface area contributed by atoms with Crippen molar-refractivity contribution in [1.82, 2.24) is 9.36 Å². The van der Waals surface area contributed by atoms with E-state index in [1.807, 2.05) is 12.1 Å². The van der Waals surface area contributed by atoms with Crippen LogP contribution in [0.15, 0.2) is 47.6 Å². The van der Waals surface area contributed by atoms with E-state index in [-0.39, 0.29) is 23.6 Å². The Labute approximate surface area is 198 Å². The van der Waals surface area contributed by atoms with E-state index in [4.69, 9.17) is 16.3 Å². The molecule has 0 unspecified atom stereocenters. The molecule has 33 heavy (non-hydrogen) atoms. The number of anilines is 1. The highest BCUT2D eigenvalue weighted by Crippen LogP contribution is 2.39. The summed E-state index contributed by atoms with van der Waals surface area (Å²) in [6.07, 6.45) is 2.40. The lowest BCUT2D eigenvalue weighted by Gasteiger charge is -2.34. The number of nitrogens with zero attached hydrogens (tertiary/aromatic N) is 2. The van der Waals surface area contributed by atoms with Crippen LogP contribution in [0.3, 0.4) is 0 Å². The van der Waals surface area contributed by atoms with Crippen LogP contribution in [0.5, 0.6) is 5.75 Å². The fraction of sp³-hybridized carbons (Fsp3) is 0.333. The van der Waals surface area contributed by atoms with Gasteiger partial charge in [-0.2, -0.15) is 4.37 Å². The third-order valence-electron chi connectivity index (χ3n) is 5.56. The van der Waals surface area contributed by atoms with Crippen molar-refractivity contribution in [3.63, 3.8) is 0 Å². The van der Waals surface area contributed by atoms with Gasteiger partial charge in [0.05, 0.1) is 12.7 Å². The van der Waals surface area contributed by atoms with Crippen molar-refractivity contribution < 1.29 is 27.0 Å². The summed E-state index contributed by atoms with van der Waals surface area (Å²) in [6.45, 7) is 0.0237. The van der Waals surface area contributed by atoms with E-state index in [0.717, 1.165) is 23.4 Å². The largest absolute Gasteiger partial charge is 0.490 e. The predicted molar refractivity (Wildman–Crippen MR) is 120 cm³/mol. The molecule has 0 amide bonds. The molecule has 1 aliphatic rings. The van der Waals surface area contributed by atoms with Crippen LogP contribution in [0.25, 0.3) is 0 Å². The van der Waals surface area contributed by atoms with Crippen LogP contribution < -0.4 is 9.46 Å². The van der Waals surface area contributed by atoms with Crippen molar-refractivity contribution in [2.75, 3.05) is 11.3 Å². The summed E-state index contributed by atoms with van der Waals surface area (Å²) in [5.41, 5.74) is 1.02. The highest BCUT2D eigenvalue weighted by Gasteiger charge is 2.32. The smallest absolute Gasteiger partial charge is 0.266 e. The van der Waals surface area contributed by atoms with Gasteiger partial charge >= 0.3 is 0 Å². The van der Waals surface area contributed by atoms with Crippen LogP contribution in [-0.4, -0.2) is 35.6 Å². The fourth-order valence-electron chi connectivity index (χ4n) is 3.98. The summed E-state index contributed by atoms with van der Waals surface area (Å²) >= 11 is 6.73. The zero-order chi connectivity index (χ0) is 23.6. The zero-order valence-electron chi connectivity index (χ0n) is 17.1. The molecule has 0 saturated heterocycles. The molecule has 1 heterocycles. The molecule has 4 rings (SSSR count). The summed E-state index contributed by atoms with van der Waals surface area (Å²) in [5, 5.41) is 10.7. The Morgan fingerprint density at radius 2 is 1.94 bits per heavy atom. The Bertz CT molecular complexity index is 1210. The Balaban J connectivity index is 1.51. The number of hydrogen-bond donors (Lipinski definition) is 2. The Hall–Kier alpha value is -2.34. The van der Waals surface area contributed by atoms with Crippen molar-refractivity contribution in [2.24, 2.45) is 5.92 Å². The summed E-state index contributed by atoms with van der Waals surface area (Å²) in [6, 6.07) is 8.65. The molecule has 3 atom stereocenters. The number of benzene rings is 2. The van der Waals surface area contributed by atoms with Gasteiger partial charge in [-0.25, -0.2) is 22.2 Å². The first-order valence-corrected chi connectivity index (χ1v) is 12.7. The summed E-state index contributed by atoms with van der Waals surface area (Å²) in [7, 11) is -4.40. The first-order valence-electron chi connectivity index (χ1n) is 10.1. The lowest BCUT2D eigenvalue weighted by atomic mass is 9.75. The number of hydrogen-bond acceptors (Lipinski definition) is 7. The van der Waals surface area contributed by atoms with Gasteiger partial charge in [-0.3, -0.25) is 4.72 Å². The summed E-state index contributed by atoms with van der Waals surface area (Å²) in [4.78, 5) is 2.80. The van der Waals surface area contributed by atoms with Gasteiger partial charge in [0.15, 0.2) is 11.6 Å². The molecule has 2 aromatic carbocycles. The number of sulfonamides is 1. The van der Waals surface area contributed by atoms with Crippen molar-refractivity contribution in [1.29, 1.82) is 0 Å². The maximum absolute atomic E-state index is 14.7. The predicted octanol–water partition coefficient (Wildman–Crippen LogP) is 4.59.